The molecule has 1 heterocycles. The lowest BCUT2D eigenvalue weighted by atomic mass is 9.95. The molecule has 1 aromatic carbocycles. The fourth-order valence-electron chi connectivity index (χ4n) is 2.86. The van der Waals surface area contributed by atoms with E-state index in [1.807, 2.05) is 0 Å². The number of benzene rings is 1. The molecule has 1 unspecified atom stereocenters. The second-order valence-corrected chi connectivity index (χ2v) is 5.77. The van der Waals surface area contributed by atoms with Crippen LogP contribution in [0.3, 0.4) is 0 Å². The molecule has 21 heavy (non-hydrogen) atoms. The van der Waals surface area contributed by atoms with Crippen LogP contribution in [0.15, 0.2) is 18.2 Å². The van der Waals surface area contributed by atoms with Crippen molar-refractivity contribution in [3.05, 3.63) is 23.8 Å². The molecule has 2 N–H and O–H groups in total. The topological polar surface area (TPSA) is 67.4 Å². The zero-order valence-corrected chi connectivity index (χ0v) is 12.1. The first-order valence-electron chi connectivity index (χ1n) is 7.56. The van der Waals surface area contributed by atoms with Gasteiger partial charge in [0.1, 0.15) is 5.75 Å². The fraction of sp³-hybridized carbons (Fsp3) is 0.500. The van der Waals surface area contributed by atoms with Crippen LogP contribution >= 0.6 is 0 Å². The Bertz CT molecular complexity index is 565. The lowest BCUT2D eigenvalue weighted by Gasteiger charge is -2.25. The average molecular weight is 288 g/mol. The van der Waals surface area contributed by atoms with Crippen LogP contribution in [0.25, 0.3) is 0 Å². The van der Waals surface area contributed by atoms with Gasteiger partial charge in [0.15, 0.2) is 6.10 Å². The van der Waals surface area contributed by atoms with Gasteiger partial charge in [-0.15, -0.1) is 0 Å². The van der Waals surface area contributed by atoms with Crippen LogP contribution < -0.4 is 15.4 Å². The van der Waals surface area contributed by atoms with E-state index in [-0.39, 0.29) is 17.9 Å². The molecule has 0 aromatic heterocycles. The summed E-state index contributed by atoms with van der Waals surface area (Å²) in [6.07, 6.45) is 5.20. The minimum Gasteiger partial charge on any atom is -0.479 e. The van der Waals surface area contributed by atoms with Crippen LogP contribution in [-0.2, 0) is 4.79 Å². The molecular formula is C16H20N2O3. The number of fused-ring (bicyclic) bond motifs is 1. The van der Waals surface area contributed by atoms with Gasteiger partial charge in [0, 0.05) is 11.6 Å². The number of carbonyl (C=O) groups is 2. The molecule has 0 radical (unpaired) electrons. The van der Waals surface area contributed by atoms with Crippen LogP contribution in [-0.4, -0.2) is 24.0 Å². The van der Waals surface area contributed by atoms with E-state index >= 15 is 0 Å². The van der Waals surface area contributed by atoms with E-state index in [4.69, 9.17) is 4.74 Å². The van der Waals surface area contributed by atoms with Crippen molar-refractivity contribution in [1.82, 2.24) is 5.32 Å². The quantitative estimate of drug-likeness (QED) is 0.878. The van der Waals surface area contributed by atoms with E-state index in [2.05, 4.69) is 10.6 Å². The van der Waals surface area contributed by atoms with Crippen molar-refractivity contribution >= 4 is 17.5 Å². The minimum atomic E-state index is -0.533. The van der Waals surface area contributed by atoms with Crippen LogP contribution in [0.2, 0.25) is 0 Å². The van der Waals surface area contributed by atoms with Gasteiger partial charge in [-0.2, -0.15) is 0 Å². The number of amides is 2. The van der Waals surface area contributed by atoms with E-state index < -0.39 is 6.10 Å². The molecular weight excluding hydrogens is 268 g/mol. The molecule has 5 heteroatoms. The molecule has 2 aliphatic rings. The maximum atomic E-state index is 12.3. The third-order valence-corrected chi connectivity index (χ3v) is 4.12. The van der Waals surface area contributed by atoms with Crippen molar-refractivity contribution in [2.24, 2.45) is 0 Å². The van der Waals surface area contributed by atoms with Crippen molar-refractivity contribution in [3.63, 3.8) is 0 Å². The first-order chi connectivity index (χ1) is 10.1. The van der Waals surface area contributed by atoms with Crippen molar-refractivity contribution in [3.8, 4) is 5.75 Å². The SMILES string of the molecule is CC1Oc2cc(C(=O)NC3CCCCC3)ccc2NC1=O. The van der Waals surface area contributed by atoms with Gasteiger partial charge in [0.05, 0.1) is 5.69 Å². The van der Waals surface area contributed by atoms with Gasteiger partial charge < -0.3 is 15.4 Å². The molecule has 1 atom stereocenters. The first-order valence-corrected chi connectivity index (χ1v) is 7.56. The number of nitrogens with one attached hydrogen (secondary N) is 2. The van der Waals surface area contributed by atoms with Gasteiger partial charge in [0.2, 0.25) is 0 Å². The lowest BCUT2D eigenvalue weighted by Crippen LogP contribution is -2.37. The smallest absolute Gasteiger partial charge is 0.265 e. The lowest BCUT2D eigenvalue weighted by molar-refractivity contribution is -0.122. The van der Waals surface area contributed by atoms with E-state index in [0.717, 1.165) is 12.8 Å². The summed E-state index contributed by atoms with van der Waals surface area (Å²) >= 11 is 0. The third kappa shape index (κ3) is 3.01. The zero-order chi connectivity index (χ0) is 14.8. The van der Waals surface area contributed by atoms with Gasteiger partial charge >= 0.3 is 0 Å². The molecule has 1 aliphatic carbocycles. The Morgan fingerprint density at radius 1 is 1.29 bits per heavy atom. The summed E-state index contributed by atoms with van der Waals surface area (Å²) in [6.45, 7) is 1.69. The van der Waals surface area contributed by atoms with Crippen LogP contribution in [0, 0.1) is 0 Å². The predicted octanol–water partition coefficient (Wildman–Crippen LogP) is 2.47. The molecule has 0 spiro atoms. The Morgan fingerprint density at radius 3 is 2.81 bits per heavy atom. The summed E-state index contributed by atoms with van der Waals surface area (Å²) in [7, 11) is 0. The minimum absolute atomic E-state index is 0.0714. The Kier molecular flexibility index (Phi) is 3.82. The molecule has 3 rings (SSSR count). The van der Waals surface area contributed by atoms with Gasteiger partial charge in [-0.25, -0.2) is 0 Å². The number of rotatable bonds is 2. The Morgan fingerprint density at radius 2 is 2.05 bits per heavy atom. The third-order valence-electron chi connectivity index (χ3n) is 4.12. The molecule has 5 nitrogen and oxygen atoms in total. The second kappa shape index (κ2) is 5.76. The van der Waals surface area contributed by atoms with Crippen molar-refractivity contribution < 1.29 is 14.3 Å². The molecule has 1 aromatic rings. The van der Waals surface area contributed by atoms with Crippen LogP contribution in [0.5, 0.6) is 5.75 Å². The summed E-state index contributed by atoms with van der Waals surface area (Å²) in [5.74, 6) is 0.318. The normalized spacial score (nSPS) is 22.0. The number of ether oxygens (including phenoxy) is 1. The van der Waals surface area contributed by atoms with Gasteiger partial charge in [0.25, 0.3) is 11.8 Å². The second-order valence-electron chi connectivity index (χ2n) is 5.77. The van der Waals surface area contributed by atoms with Crippen molar-refractivity contribution in [2.75, 3.05) is 5.32 Å². The van der Waals surface area contributed by atoms with E-state index in [9.17, 15) is 9.59 Å². The molecule has 1 saturated carbocycles. The maximum absolute atomic E-state index is 12.3. The maximum Gasteiger partial charge on any atom is 0.265 e. The molecule has 2 amide bonds. The highest BCUT2D eigenvalue weighted by molar-refractivity contribution is 6.00. The van der Waals surface area contributed by atoms with Crippen molar-refractivity contribution in [1.29, 1.82) is 0 Å². The van der Waals surface area contributed by atoms with Crippen LogP contribution in [0.1, 0.15) is 49.4 Å². The summed E-state index contributed by atoms with van der Waals surface area (Å²) in [6, 6.07) is 5.41. The van der Waals surface area contributed by atoms with E-state index in [0.29, 0.717) is 17.0 Å². The number of hydrogen-bond donors (Lipinski definition) is 2. The zero-order valence-electron chi connectivity index (χ0n) is 12.1. The summed E-state index contributed by atoms with van der Waals surface area (Å²) < 4.78 is 5.53. The first kappa shape index (κ1) is 13.9. The van der Waals surface area contributed by atoms with E-state index in [1.54, 1.807) is 25.1 Å². The molecule has 112 valence electrons. The van der Waals surface area contributed by atoms with Gasteiger partial charge in [-0.05, 0) is 38.0 Å². The Labute approximate surface area is 124 Å². The molecule has 0 saturated heterocycles. The highest BCUT2D eigenvalue weighted by Crippen LogP contribution is 2.30. The Balaban J connectivity index is 1.72. The summed E-state index contributed by atoms with van der Waals surface area (Å²) in [5.41, 5.74) is 1.19. The summed E-state index contributed by atoms with van der Waals surface area (Å²) in [4.78, 5) is 23.8. The predicted molar refractivity (Wildman–Crippen MR) is 79.5 cm³/mol. The number of carbonyl (C=O) groups excluding carboxylic acids is 2. The highest BCUT2D eigenvalue weighted by atomic mass is 16.5. The molecule has 0 bridgehead atoms. The molecule has 1 fully saturated rings. The van der Waals surface area contributed by atoms with Crippen LogP contribution in [0.4, 0.5) is 5.69 Å². The van der Waals surface area contributed by atoms with E-state index in [1.165, 1.54) is 19.3 Å². The largest absolute Gasteiger partial charge is 0.479 e. The van der Waals surface area contributed by atoms with Gasteiger partial charge in [-0.1, -0.05) is 19.3 Å². The van der Waals surface area contributed by atoms with Gasteiger partial charge in [-0.3, -0.25) is 9.59 Å². The summed E-state index contributed by atoms with van der Waals surface area (Å²) in [5, 5.41) is 5.84. The van der Waals surface area contributed by atoms with Crippen molar-refractivity contribution in [2.45, 2.75) is 51.2 Å². The highest BCUT2D eigenvalue weighted by Gasteiger charge is 2.24. The molecule has 1 aliphatic heterocycles. The number of anilines is 1. The fourth-order valence-corrected chi connectivity index (χ4v) is 2.86. The number of hydrogen-bond acceptors (Lipinski definition) is 3. The standard InChI is InChI=1S/C16H20N2O3/c1-10-15(19)18-13-8-7-11(9-14(13)21-10)16(20)17-12-5-3-2-4-6-12/h7-10,12H,2-6H2,1H3,(H,17,20)(H,18,19). The average Bonchev–Trinajstić information content (AvgIpc) is 2.49. The Hall–Kier alpha value is -2.04. The monoisotopic (exact) mass is 288 g/mol.